The second kappa shape index (κ2) is 4.18. The highest BCUT2D eigenvalue weighted by Gasteiger charge is 2.22. The summed E-state index contributed by atoms with van der Waals surface area (Å²) in [5, 5.41) is 11.7. The second-order valence-electron chi connectivity index (χ2n) is 3.56. The first-order valence-electron chi connectivity index (χ1n) is 4.93. The van der Waals surface area contributed by atoms with Crippen molar-refractivity contribution >= 4 is 6.29 Å². The van der Waals surface area contributed by atoms with E-state index in [2.05, 4.69) is 5.10 Å². The van der Waals surface area contributed by atoms with E-state index in [4.69, 9.17) is 5.26 Å². The number of nitrogens with one attached hydrogen (secondary N) is 1. The summed E-state index contributed by atoms with van der Waals surface area (Å²) < 4.78 is 15.0. The number of carbonyl (C=O) groups is 1. The number of benzene rings is 1. The molecule has 0 bridgehead atoms. The van der Waals surface area contributed by atoms with Gasteiger partial charge in [-0.2, -0.15) is 14.8 Å². The van der Waals surface area contributed by atoms with Gasteiger partial charge >= 0.3 is 0 Å². The van der Waals surface area contributed by atoms with Gasteiger partial charge in [0.25, 0.3) is 5.69 Å². The molecule has 4 nitrogen and oxygen atoms in total. The van der Waals surface area contributed by atoms with Crippen molar-refractivity contribution in [3.63, 3.8) is 0 Å². The quantitative estimate of drug-likeness (QED) is 0.626. The highest BCUT2D eigenvalue weighted by molar-refractivity contribution is 5.75. The van der Waals surface area contributed by atoms with Crippen molar-refractivity contribution in [3.8, 4) is 11.8 Å². The number of carbonyl (C=O) groups excluding carboxylic acids is 1. The lowest BCUT2D eigenvalue weighted by atomic mass is 10.2. The zero-order chi connectivity index (χ0) is 12.4. The predicted octanol–water partition coefficient (Wildman–Crippen LogP) is 1.42. The molecule has 0 aliphatic carbocycles. The molecule has 1 N–H and O–H groups in total. The SMILES string of the molecule is Cc1[nH][n+](-c2c(F)cccc2C#N)cc1C=O. The molecule has 84 valence electrons. The Kier molecular flexibility index (Phi) is 2.71. The number of aromatic amines is 1. The fourth-order valence-corrected chi connectivity index (χ4v) is 1.60. The molecular formula is C12H9FN3O+. The second-order valence-corrected chi connectivity index (χ2v) is 3.56. The van der Waals surface area contributed by atoms with Crippen LogP contribution in [-0.2, 0) is 0 Å². The number of nitrogens with zero attached hydrogens (tertiary/aromatic N) is 2. The van der Waals surface area contributed by atoms with Gasteiger partial charge in [-0.05, 0) is 19.1 Å². The standard InChI is InChI=1S/C12H8FN3O/c1-8-10(7-17)6-16(15-8)12-9(5-14)3-2-4-11(12)13/h2-4,6-7H,1H3/p+1. The number of aromatic nitrogens is 2. The zero-order valence-electron chi connectivity index (χ0n) is 9.07. The van der Waals surface area contributed by atoms with E-state index >= 15 is 0 Å². The maximum Gasteiger partial charge on any atom is 0.288 e. The molecule has 1 heterocycles. The van der Waals surface area contributed by atoms with Crippen LogP contribution in [0.1, 0.15) is 21.6 Å². The third kappa shape index (κ3) is 1.81. The van der Waals surface area contributed by atoms with Crippen LogP contribution in [-0.4, -0.2) is 11.4 Å². The molecule has 2 aromatic rings. The van der Waals surface area contributed by atoms with Gasteiger partial charge in [0.15, 0.2) is 12.1 Å². The van der Waals surface area contributed by atoms with E-state index in [9.17, 15) is 9.18 Å². The number of hydrogen-bond donors (Lipinski definition) is 1. The van der Waals surface area contributed by atoms with Crippen LogP contribution in [0.3, 0.4) is 0 Å². The Morgan fingerprint density at radius 2 is 2.29 bits per heavy atom. The minimum atomic E-state index is -0.521. The van der Waals surface area contributed by atoms with Gasteiger partial charge in [0.05, 0.1) is 5.69 Å². The number of aldehydes is 1. The molecule has 0 saturated heterocycles. The van der Waals surface area contributed by atoms with Crippen LogP contribution >= 0.6 is 0 Å². The van der Waals surface area contributed by atoms with Gasteiger partial charge in [0.1, 0.15) is 17.2 Å². The summed E-state index contributed by atoms with van der Waals surface area (Å²) >= 11 is 0. The van der Waals surface area contributed by atoms with Gasteiger partial charge in [0, 0.05) is 0 Å². The fraction of sp³-hybridized carbons (Fsp3) is 0.0833. The molecule has 17 heavy (non-hydrogen) atoms. The monoisotopic (exact) mass is 230 g/mol. The molecule has 1 aromatic heterocycles. The normalized spacial score (nSPS) is 9.94. The van der Waals surface area contributed by atoms with Gasteiger partial charge in [0.2, 0.25) is 6.20 Å². The lowest BCUT2D eigenvalue weighted by Crippen LogP contribution is -2.34. The van der Waals surface area contributed by atoms with E-state index in [1.54, 1.807) is 6.92 Å². The molecule has 0 atom stereocenters. The van der Waals surface area contributed by atoms with Crippen LogP contribution < -0.4 is 4.68 Å². The first-order valence-corrected chi connectivity index (χ1v) is 4.93. The number of halogens is 1. The Balaban J connectivity index is 2.68. The third-order valence-corrected chi connectivity index (χ3v) is 2.46. The fourth-order valence-electron chi connectivity index (χ4n) is 1.60. The molecule has 0 radical (unpaired) electrons. The number of aryl methyl sites for hydroxylation is 1. The number of rotatable bonds is 2. The Morgan fingerprint density at radius 1 is 1.53 bits per heavy atom. The molecule has 0 unspecified atom stereocenters. The third-order valence-electron chi connectivity index (χ3n) is 2.46. The van der Waals surface area contributed by atoms with E-state index in [1.165, 1.54) is 29.1 Å². The molecule has 0 amide bonds. The maximum atomic E-state index is 13.7. The Labute approximate surface area is 96.9 Å². The number of nitriles is 1. The molecule has 0 fully saturated rings. The smallest absolute Gasteiger partial charge is 0.288 e. The van der Waals surface area contributed by atoms with E-state index < -0.39 is 5.82 Å². The average molecular weight is 230 g/mol. The van der Waals surface area contributed by atoms with Gasteiger partial charge in [-0.15, -0.1) is 0 Å². The molecule has 0 aliphatic heterocycles. The lowest BCUT2D eigenvalue weighted by Gasteiger charge is -1.95. The summed E-state index contributed by atoms with van der Waals surface area (Å²) in [4.78, 5) is 10.7. The van der Waals surface area contributed by atoms with Crippen molar-refractivity contribution in [2.45, 2.75) is 6.92 Å². The highest BCUT2D eigenvalue weighted by Crippen LogP contribution is 2.12. The number of para-hydroxylation sites is 1. The molecule has 0 saturated carbocycles. The maximum absolute atomic E-state index is 13.7. The van der Waals surface area contributed by atoms with Gasteiger partial charge in [-0.3, -0.25) is 4.79 Å². The molecule has 2 rings (SSSR count). The summed E-state index contributed by atoms with van der Waals surface area (Å²) in [6.07, 6.45) is 2.14. The first-order chi connectivity index (χ1) is 8.17. The van der Waals surface area contributed by atoms with Crippen molar-refractivity contribution in [3.05, 3.63) is 47.0 Å². The van der Waals surface area contributed by atoms with Crippen molar-refractivity contribution in [1.29, 1.82) is 5.26 Å². The zero-order valence-corrected chi connectivity index (χ0v) is 9.07. The van der Waals surface area contributed by atoms with Crippen LogP contribution in [0, 0.1) is 24.1 Å². The minimum Gasteiger partial charge on any atom is -0.298 e. The van der Waals surface area contributed by atoms with Crippen molar-refractivity contribution in [1.82, 2.24) is 5.10 Å². The molecule has 5 heteroatoms. The summed E-state index contributed by atoms with van der Waals surface area (Å²) in [5.74, 6) is -0.521. The Hall–Kier alpha value is -2.48. The van der Waals surface area contributed by atoms with Gasteiger partial charge in [-0.1, -0.05) is 10.7 Å². The first kappa shape index (κ1) is 11.0. The van der Waals surface area contributed by atoms with Gasteiger partial charge < -0.3 is 0 Å². The van der Waals surface area contributed by atoms with E-state index in [0.717, 1.165) is 0 Å². The molecular weight excluding hydrogens is 221 g/mol. The lowest BCUT2D eigenvalue weighted by molar-refractivity contribution is -0.657. The highest BCUT2D eigenvalue weighted by atomic mass is 19.1. The minimum absolute atomic E-state index is 0.117. The number of H-pyrrole nitrogens is 1. The summed E-state index contributed by atoms with van der Waals surface area (Å²) in [5.41, 5.74) is 1.36. The summed E-state index contributed by atoms with van der Waals surface area (Å²) in [6.45, 7) is 1.70. The molecule has 0 spiro atoms. The van der Waals surface area contributed by atoms with Crippen LogP contribution in [0.15, 0.2) is 24.4 Å². The topological polar surface area (TPSA) is 60.5 Å². The van der Waals surface area contributed by atoms with E-state index in [1.807, 2.05) is 6.07 Å². The Morgan fingerprint density at radius 3 is 2.88 bits per heavy atom. The van der Waals surface area contributed by atoms with Crippen LogP contribution in [0.2, 0.25) is 0 Å². The molecule has 0 aliphatic rings. The van der Waals surface area contributed by atoms with Crippen LogP contribution in [0.5, 0.6) is 0 Å². The summed E-state index contributed by atoms with van der Waals surface area (Å²) in [6, 6.07) is 6.16. The predicted molar refractivity (Wildman–Crippen MR) is 57.1 cm³/mol. The summed E-state index contributed by atoms with van der Waals surface area (Å²) in [7, 11) is 0. The number of hydrogen-bond acceptors (Lipinski definition) is 2. The average Bonchev–Trinajstić information content (AvgIpc) is 2.69. The largest absolute Gasteiger partial charge is 0.298 e. The van der Waals surface area contributed by atoms with Crippen LogP contribution in [0.4, 0.5) is 4.39 Å². The molecule has 1 aromatic carbocycles. The van der Waals surface area contributed by atoms with Crippen molar-refractivity contribution < 1.29 is 13.9 Å². The van der Waals surface area contributed by atoms with Crippen molar-refractivity contribution in [2.75, 3.05) is 0 Å². The van der Waals surface area contributed by atoms with Crippen LogP contribution in [0.25, 0.3) is 5.69 Å². The van der Waals surface area contributed by atoms with E-state index in [0.29, 0.717) is 17.5 Å². The van der Waals surface area contributed by atoms with Crippen molar-refractivity contribution in [2.24, 2.45) is 0 Å². The van der Waals surface area contributed by atoms with E-state index in [-0.39, 0.29) is 11.3 Å². The van der Waals surface area contributed by atoms with Gasteiger partial charge in [-0.25, -0.2) is 0 Å². The Bertz CT molecular complexity index is 625.